The van der Waals surface area contributed by atoms with Crippen molar-refractivity contribution in [3.05, 3.63) is 36.5 Å². The Kier molecular flexibility index (Phi) is 4.05. The van der Waals surface area contributed by atoms with Gasteiger partial charge < -0.3 is 19.9 Å². The molecule has 3 heterocycles. The highest BCUT2D eigenvalue weighted by Gasteiger charge is 2.21. The summed E-state index contributed by atoms with van der Waals surface area (Å²) in [5.41, 5.74) is 2.38. The van der Waals surface area contributed by atoms with Gasteiger partial charge in [-0.2, -0.15) is 0 Å². The number of aromatic hydroxyl groups is 1. The number of likely N-dealkylation sites (N-methyl/N-ethyl adjacent to an activating group) is 1. The third kappa shape index (κ3) is 2.93. The van der Waals surface area contributed by atoms with E-state index < -0.39 is 0 Å². The van der Waals surface area contributed by atoms with Gasteiger partial charge in [-0.05, 0) is 44.6 Å². The number of phenols is 1. The Morgan fingerprint density at radius 2 is 2.00 bits per heavy atom. The number of hydrogen-bond donors (Lipinski definition) is 2. The van der Waals surface area contributed by atoms with Crippen molar-refractivity contribution in [1.82, 2.24) is 19.7 Å². The van der Waals surface area contributed by atoms with Gasteiger partial charge in [-0.15, -0.1) is 10.2 Å². The summed E-state index contributed by atoms with van der Waals surface area (Å²) < 4.78 is 2.03. The Labute approximate surface area is 147 Å². The first-order valence-electron chi connectivity index (χ1n) is 8.68. The van der Waals surface area contributed by atoms with Crippen LogP contribution in [0.4, 0.5) is 5.82 Å². The molecule has 3 aromatic rings. The number of benzene rings is 1. The van der Waals surface area contributed by atoms with Crippen LogP contribution in [-0.2, 0) is 7.05 Å². The smallest absolute Gasteiger partial charge is 0.158 e. The van der Waals surface area contributed by atoms with E-state index in [9.17, 15) is 5.11 Å². The van der Waals surface area contributed by atoms with Gasteiger partial charge in [0.15, 0.2) is 5.82 Å². The van der Waals surface area contributed by atoms with Crippen LogP contribution in [0.15, 0.2) is 36.5 Å². The highest BCUT2D eigenvalue weighted by Crippen LogP contribution is 2.34. The number of nitrogens with zero attached hydrogens (tertiary/aromatic N) is 4. The van der Waals surface area contributed by atoms with E-state index in [0.29, 0.717) is 17.3 Å². The molecule has 1 aromatic carbocycles. The molecule has 130 valence electrons. The molecule has 1 aliphatic heterocycles. The Morgan fingerprint density at radius 1 is 1.16 bits per heavy atom. The molecule has 0 bridgehead atoms. The molecule has 25 heavy (non-hydrogen) atoms. The highest BCUT2D eigenvalue weighted by molar-refractivity contribution is 5.99. The van der Waals surface area contributed by atoms with Crippen molar-refractivity contribution in [1.29, 1.82) is 0 Å². The van der Waals surface area contributed by atoms with Crippen molar-refractivity contribution < 1.29 is 5.11 Å². The zero-order chi connectivity index (χ0) is 17.4. The van der Waals surface area contributed by atoms with Gasteiger partial charge >= 0.3 is 0 Å². The van der Waals surface area contributed by atoms with Crippen molar-refractivity contribution in [2.75, 3.05) is 25.5 Å². The molecule has 6 heteroatoms. The number of nitrogens with one attached hydrogen (secondary N) is 1. The second-order valence-electron chi connectivity index (χ2n) is 6.85. The molecule has 0 radical (unpaired) electrons. The minimum atomic E-state index is 0.217. The van der Waals surface area contributed by atoms with Gasteiger partial charge in [0.05, 0.1) is 5.52 Å². The maximum atomic E-state index is 10.2. The lowest BCUT2D eigenvalue weighted by atomic mass is 10.1. The summed E-state index contributed by atoms with van der Waals surface area (Å²) in [5.74, 6) is 1.03. The number of piperidine rings is 1. The van der Waals surface area contributed by atoms with Gasteiger partial charge in [0.25, 0.3) is 0 Å². The molecule has 1 saturated heterocycles. The molecular weight excluding hydrogens is 314 g/mol. The van der Waals surface area contributed by atoms with E-state index in [1.54, 1.807) is 6.07 Å². The minimum absolute atomic E-state index is 0.217. The molecule has 2 aromatic heterocycles. The van der Waals surface area contributed by atoms with E-state index in [1.807, 2.05) is 36.0 Å². The molecule has 0 aliphatic carbocycles. The van der Waals surface area contributed by atoms with E-state index in [1.165, 1.54) is 6.42 Å². The third-order valence-electron chi connectivity index (χ3n) is 4.93. The van der Waals surface area contributed by atoms with Crippen LogP contribution in [0.1, 0.15) is 12.8 Å². The average molecular weight is 337 g/mol. The molecule has 1 aliphatic rings. The number of phenolic OH excluding ortho intramolecular Hbond substituents is 1. The fourth-order valence-corrected chi connectivity index (χ4v) is 3.66. The monoisotopic (exact) mass is 337 g/mol. The SMILES string of the molecule is CN1CCC[C@@H](Nc2nnc(-c3ccccc3O)c3c2ccn3C)C1. The number of aromatic nitrogens is 3. The van der Waals surface area contributed by atoms with Crippen molar-refractivity contribution in [2.24, 2.45) is 7.05 Å². The van der Waals surface area contributed by atoms with Crippen LogP contribution in [0.25, 0.3) is 22.2 Å². The lowest BCUT2D eigenvalue weighted by molar-refractivity contribution is 0.261. The van der Waals surface area contributed by atoms with Gasteiger partial charge in [0.1, 0.15) is 11.4 Å². The average Bonchev–Trinajstić information content (AvgIpc) is 2.99. The standard InChI is InChI=1S/C19H23N5O/c1-23-10-5-6-13(12-23)20-19-15-9-11-24(2)18(15)17(21-22-19)14-7-3-4-8-16(14)25/h3-4,7-9,11,13,25H,5-6,10,12H2,1-2H3,(H,20,22)/t13-/m1/s1. The van der Waals surface area contributed by atoms with Crippen LogP contribution in [0.3, 0.4) is 0 Å². The van der Waals surface area contributed by atoms with Gasteiger partial charge in [-0.1, -0.05) is 12.1 Å². The Bertz CT molecular complexity index is 904. The van der Waals surface area contributed by atoms with Crippen LogP contribution in [0, 0.1) is 0 Å². The molecule has 0 unspecified atom stereocenters. The number of rotatable bonds is 3. The van der Waals surface area contributed by atoms with Gasteiger partial charge in [-0.25, -0.2) is 0 Å². The predicted octanol–water partition coefficient (Wildman–Crippen LogP) is 2.85. The molecule has 0 saturated carbocycles. The second kappa shape index (κ2) is 6.37. The van der Waals surface area contributed by atoms with Crippen LogP contribution in [-0.4, -0.2) is 50.9 Å². The zero-order valence-corrected chi connectivity index (χ0v) is 14.6. The maximum absolute atomic E-state index is 10.2. The second-order valence-corrected chi connectivity index (χ2v) is 6.85. The Morgan fingerprint density at radius 3 is 2.80 bits per heavy atom. The summed E-state index contributed by atoms with van der Waals surface area (Å²) in [4.78, 5) is 2.34. The number of anilines is 1. The van der Waals surface area contributed by atoms with Crippen molar-refractivity contribution in [3.63, 3.8) is 0 Å². The summed E-state index contributed by atoms with van der Waals surface area (Å²) >= 11 is 0. The topological polar surface area (TPSA) is 66.2 Å². The molecule has 2 N–H and O–H groups in total. The fraction of sp³-hybridized carbons (Fsp3) is 0.368. The molecule has 0 amide bonds. The summed E-state index contributed by atoms with van der Waals surface area (Å²) in [5, 5.41) is 23.7. The Hall–Kier alpha value is -2.60. The van der Waals surface area contributed by atoms with Crippen molar-refractivity contribution >= 4 is 16.7 Å². The first-order valence-corrected chi connectivity index (χ1v) is 8.68. The summed E-state index contributed by atoms with van der Waals surface area (Å²) in [7, 11) is 4.14. The lowest BCUT2D eigenvalue weighted by Crippen LogP contribution is -2.40. The van der Waals surface area contributed by atoms with Gasteiger partial charge in [-0.3, -0.25) is 0 Å². The largest absolute Gasteiger partial charge is 0.507 e. The number of hydrogen-bond acceptors (Lipinski definition) is 5. The molecule has 0 spiro atoms. The normalized spacial score (nSPS) is 18.6. The van der Waals surface area contributed by atoms with Crippen molar-refractivity contribution in [3.8, 4) is 17.0 Å². The molecular formula is C19H23N5O. The van der Waals surface area contributed by atoms with E-state index in [-0.39, 0.29) is 5.75 Å². The van der Waals surface area contributed by atoms with E-state index >= 15 is 0 Å². The number of likely N-dealkylation sites (tertiary alicyclic amines) is 1. The van der Waals surface area contributed by atoms with E-state index in [2.05, 4.69) is 33.5 Å². The first-order chi connectivity index (χ1) is 12.1. The third-order valence-corrected chi connectivity index (χ3v) is 4.93. The highest BCUT2D eigenvalue weighted by atomic mass is 16.3. The summed E-state index contributed by atoms with van der Waals surface area (Å²) in [6, 6.07) is 9.69. The van der Waals surface area contributed by atoms with Gasteiger partial charge in [0.2, 0.25) is 0 Å². The van der Waals surface area contributed by atoms with Crippen LogP contribution in [0.2, 0.25) is 0 Å². The molecule has 1 fully saturated rings. The minimum Gasteiger partial charge on any atom is -0.507 e. The summed E-state index contributed by atoms with van der Waals surface area (Å²) in [6.07, 6.45) is 4.34. The Balaban J connectivity index is 1.76. The van der Waals surface area contributed by atoms with Gasteiger partial charge in [0, 0.05) is 36.8 Å². The fourth-order valence-electron chi connectivity index (χ4n) is 3.66. The molecule has 4 rings (SSSR count). The van der Waals surface area contributed by atoms with Crippen LogP contribution >= 0.6 is 0 Å². The molecule has 6 nitrogen and oxygen atoms in total. The maximum Gasteiger partial charge on any atom is 0.158 e. The van der Waals surface area contributed by atoms with Crippen LogP contribution in [0.5, 0.6) is 5.75 Å². The summed E-state index contributed by atoms with van der Waals surface area (Å²) in [6.45, 7) is 2.16. The predicted molar refractivity (Wildman–Crippen MR) is 99.8 cm³/mol. The van der Waals surface area contributed by atoms with E-state index in [0.717, 1.165) is 36.2 Å². The van der Waals surface area contributed by atoms with Crippen LogP contribution < -0.4 is 5.32 Å². The van der Waals surface area contributed by atoms with Crippen molar-refractivity contribution in [2.45, 2.75) is 18.9 Å². The lowest BCUT2D eigenvalue weighted by Gasteiger charge is -2.30. The van der Waals surface area contributed by atoms with E-state index in [4.69, 9.17) is 0 Å². The first kappa shape index (κ1) is 15.9. The number of fused-ring (bicyclic) bond motifs is 1. The zero-order valence-electron chi connectivity index (χ0n) is 14.6. The molecule has 1 atom stereocenters. The number of para-hydroxylation sites is 1. The quantitative estimate of drug-likeness (QED) is 0.769. The number of aryl methyl sites for hydroxylation is 1.